The standard InChI is InChI=1S/C38H51N3O6Si/c1-37(2,3)46-36(45)41-31(19-20-32(41)33(28-13-11-10-12-14-28)47-48(8,9)38(4,5)6)22-26-15-17-29(18-16-26)34(42)40(7)25-27-21-30(35(43)44)24-39-23-27/h10-18,21,23-24,31-33H,19-20,22,25H2,1-9H3,(H,43,44)/t31-,32+,33+/m0/s1. The number of hydrogen-bond acceptors (Lipinski definition) is 6. The summed E-state index contributed by atoms with van der Waals surface area (Å²) in [5, 5.41) is 9.26. The Morgan fingerprint density at radius 2 is 1.58 bits per heavy atom. The first kappa shape index (κ1) is 36.8. The number of aromatic carboxylic acids is 1. The average Bonchev–Trinajstić information content (AvgIpc) is 3.42. The third kappa shape index (κ3) is 9.11. The predicted octanol–water partition coefficient (Wildman–Crippen LogP) is 8.13. The molecule has 0 bridgehead atoms. The Bertz CT molecular complexity index is 1580. The topological polar surface area (TPSA) is 109 Å². The summed E-state index contributed by atoms with van der Waals surface area (Å²) in [5.41, 5.74) is 2.63. The van der Waals surface area contributed by atoms with Crippen LogP contribution in [0.15, 0.2) is 73.1 Å². The van der Waals surface area contributed by atoms with E-state index in [-0.39, 0.29) is 47.3 Å². The second-order valence-corrected chi connectivity index (χ2v) is 20.1. The molecule has 3 aromatic rings. The molecule has 1 saturated heterocycles. The summed E-state index contributed by atoms with van der Waals surface area (Å²) < 4.78 is 13.1. The quantitative estimate of drug-likeness (QED) is 0.217. The molecular weight excluding hydrogens is 623 g/mol. The van der Waals surface area contributed by atoms with Gasteiger partial charge in [-0.25, -0.2) is 9.59 Å². The van der Waals surface area contributed by atoms with Gasteiger partial charge in [-0.1, -0.05) is 63.2 Å². The summed E-state index contributed by atoms with van der Waals surface area (Å²) >= 11 is 0. The van der Waals surface area contributed by atoms with Gasteiger partial charge in [0.2, 0.25) is 0 Å². The molecule has 48 heavy (non-hydrogen) atoms. The van der Waals surface area contributed by atoms with E-state index in [4.69, 9.17) is 9.16 Å². The Labute approximate surface area is 286 Å². The lowest BCUT2D eigenvalue weighted by molar-refractivity contribution is -0.00240. The number of hydrogen-bond donors (Lipinski definition) is 1. The lowest BCUT2D eigenvalue weighted by atomic mass is 10.0. The van der Waals surface area contributed by atoms with Crippen LogP contribution >= 0.6 is 0 Å². The van der Waals surface area contributed by atoms with Crippen LogP contribution < -0.4 is 0 Å². The maximum absolute atomic E-state index is 14.0. The number of likely N-dealkylation sites (tertiary alicyclic amines) is 1. The minimum Gasteiger partial charge on any atom is -0.478 e. The smallest absolute Gasteiger partial charge is 0.410 e. The van der Waals surface area contributed by atoms with Gasteiger partial charge in [-0.3, -0.25) is 14.7 Å². The van der Waals surface area contributed by atoms with E-state index in [9.17, 15) is 19.5 Å². The van der Waals surface area contributed by atoms with E-state index < -0.39 is 19.9 Å². The van der Waals surface area contributed by atoms with E-state index in [0.717, 1.165) is 24.0 Å². The Kier molecular flexibility index (Phi) is 11.2. The number of carbonyl (C=O) groups excluding carboxylic acids is 2. The van der Waals surface area contributed by atoms with Gasteiger partial charge in [0.1, 0.15) is 5.60 Å². The van der Waals surface area contributed by atoms with Crippen LogP contribution in [0.5, 0.6) is 0 Å². The predicted molar refractivity (Wildman–Crippen MR) is 189 cm³/mol. The summed E-state index contributed by atoms with van der Waals surface area (Å²) in [5.74, 6) is -1.25. The number of carboxylic acids is 1. The summed E-state index contributed by atoms with van der Waals surface area (Å²) in [6, 6.07) is 18.9. The molecule has 0 unspecified atom stereocenters. The highest BCUT2D eigenvalue weighted by Gasteiger charge is 2.47. The van der Waals surface area contributed by atoms with E-state index in [0.29, 0.717) is 17.5 Å². The van der Waals surface area contributed by atoms with Crippen LogP contribution in [-0.2, 0) is 22.1 Å². The second kappa shape index (κ2) is 14.6. The number of amides is 2. The van der Waals surface area contributed by atoms with E-state index >= 15 is 0 Å². The Balaban J connectivity index is 1.57. The molecule has 0 saturated carbocycles. The monoisotopic (exact) mass is 673 g/mol. The normalized spacial score (nSPS) is 17.6. The Morgan fingerprint density at radius 3 is 2.17 bits per heavy atom. The molecule has 2 amide bonds. The first-order valence-electron chi connectivity index (χ1n) is 16.6. The number of pyridine rings is 1. The van der Waals surface area contributed by atoms with Crippen molar-refractivity contribution in [2.45, 2.75) is 109 Å². The molecule has 0 aliphatic carbocycles. The lowest BCUT2D eigenvalue weighted by Gasteiger charge is -2.43. The van der Waals surface area contributed by atoms with Crippen LogP contribution in [0.4, 0.5) is 4.79 Å². The molecule has 1 fully saturated rings. The molecule has 1 aliphatic rings. The summed E-state index contributed by atoms with van der Waals surface area (Å²) in [4.78, 5) is 46.0. The molecule has 0 radical (unpaired) electrons. The van der Waals surface area contributed by atoms with Gasteiger partial charge in [-0.2, -0.15) is 0 Å². The first-order chi connectivity index (χ1) is 22.4. The fourth-order valence-electron chi connectivity index (χ4n) is 5.83. The van der Waals surface area contributed by atoms with Crippen molar-refractivity contribution in [2.24, 2.45) is 0 Å². The number of carboxylic acid groups (broad SMARTS) is 1. The minimum absolute atomic E-state index is 0.0125. The van der Waals surface area contributed by atoms with Crippen molar-refractivity contribution in [3.05, 3.63) is 101 Å². The number of benzene rings is 2. The second-order valence-electron chi connectivity index (χ2n) is 15.3. The number of nitrogens with zero attached hydrogens (tertiary/aromatic N) is 3. The van der Waals surface area contributed by atoms with Crippen molar-refractivity contribution in [2.75, 3.05) is 7.05 Å². The van der Waals surface area contributed by atoms with Crippen LogP contribution in [0.3, 0.4) is 0 Å². The van der Waals surface area contributed by atoms with Crippen molar-refractivity contribution in [1.82, 2.24) is 14.8 Å². The van der Waals surface area contributed by atoms with Gasteiger partial charge in [-0.15, -0.1) is 0 Å². The number of aromatic nitrogens is 1. The van der Waals surface area contributed by atoms with Crippen molar-refractivity contribution in [3.63, 3.8) is 0 Å². The van der Waals surface area contributed by atoms with Crippen LogP contribution in [0, 0.1) is 0 Å². The zero-order chi connectivity index (χ0) is 35.4. The Hall–Kier alpha value is -4.02. The third-order valence-electron chi connectivity index (χ3n) is 9.34. The third-order valence-corrected chi connectivity index (χ3v) is 13.8. The van der Waals surface area contributed by atoms with Crippen molar-refractivity contribution < 1.29 is 28.7 Å². The molecular formula is C38H51N3O6Si. The van der Waals surface area contributed by atoms with E-state index in [1.807, 2.05) is 56.0 Å². The van der Waals surface area contributed by atoms with Crippen molar-refractivity contribution in [3.8, 4) is 0 Å². The molecule has 1 aromatic heterocycles. The van der Waals surface area contributed by atoms with Crippen LogP contribution in [0.2, 0.25) is 18.1 Å². The molecule has 1 aliphatic heterocycles. The molecule has 0 spiro atoms. The van der Waals surface area contributed by atoms with E-state index in [1.165, 1.54) is 17.2 Å². The van der Waals surface area contributed by atoms with Gasteiger partial charge < -0.3 is 19.2 Å². The zero-order valence-corrected chi connectivity index (χ0v) is 30.8. The van der Waals surface area contributed by atoms with E-state index in [1.54, 1.807) is 25.4 Å². The number of ether oxygens (including phenoxy) is 1. The number of rotatable bonds is 10. The van der Waals surface area contributed by atoms with E-state index in [2.05, 4.69) is 51.0 Å². The van der Waals surface area contributed by atoms with Crippen LogP contribution in [0.25, 0.3) is 0 Å². The molecule has 4 rings (SSSR count). The Morgan fingerprint density at radius 1 is 0.938 bits per heavy atom. The van der Waals surface area contributed by atoms with Gasteiger partial charge in [0.15, 0.2) is 8.32 Å². The summed E-state index contributed by atoms with van der Waals surface area (Å²) in [6.45, 7) is 17.1. The molecule has 2 aromatic carbocycles. The fourth-order valence-corrected chi connectivity index (χ4v) is 7.11. The zero-order valence-electron chi connectivity index (χ0n) is 29.8. The van der Waals surface area contributed by atoms with Crippen LogP contribution in [-0.4, -0.2) is 70.9 Å². The highest BCUT2D eigenvalue weighted by atomic mass is 28.4. The highest BCUT2D eigenvalue weighted by Crippen LogP contribution is 2.44. The maximum Gasteiger partial charge on any atom is 0.410 e. The van der Waals surface area contributed by atoms with Gasteiger partial charge in [0.05, 0.1) is 17.7 Å². The van der Waals surface area contributed by atoms with Gasteiger partial charge >= 0.3 is 12.1 Å². The molecule has 1 N–H and O–H groups in total. The minimum atomic E-state index is -2.23. The maximum atomic E-state index is 14.0. The molecule has 9 nitrogen and oxygen atoms in total. The average molecular weight is 674 g/mol. The lowest BCUT2D eigenvalue weighted by Crippen LogP contribution is -2.50. The SMILES string of the molecule is CN(Cc1cncc(C(=O)O)c1)C(=O)c1ccc(C[C@@H]2CC[C@H]([C@H](O[Si](C)(C)C(C)(C)C)c3ccccc3)N2C(=O)OC(C)(C)C)cc1. The summed E-state index contributed by atoms with van der Waals surface area (Å²) in [6.07, 6.45) is 4.38. The fraction of sp³-hybridized carbons (Fsp3) is 0.474. The molecule has 2 heterocycles. The first-order valence-corrected chi connectivity index (χ1v) is 19.5. The van der Waals surface area contributed by atoms with Crippen molar-refractivity contribution >= 4 is 26.3 Å². The molecule has 258 valence electrons. The molecule has 10 heteroatoms. The van der Waals surface area contributed by atoms with Gasteiger partial charge in [0.25, 0.3) is 5.91 Å². The van der Waals surface area contributed by atoms with Gasteiger partial charge in [-0.05, 0) is 93.1 Å². The van der Waals surface area contributed by atoms with Crippen LogP contribution in [0.1, 0.15) is 97.9 Å². The summed E-state index contributed by atoms with van der Waals surface area (Å²) in [7, 11) is -0.553. The number of carbonyl (C=O) groups is 3. The van der Waals surface area contributed by atoms with Gasteiger partial charge in [0, 0.05) is 37.6 Å². The van der Waals surface area contributed by atoms with Crippen molar-refractivity contribution in [1.29, 1.82) is 0 Å². The molecule has 3 atom stereocenters. The highest BCUT2D eigenvalue weighted by molar-refractivity contribution is 6.74. The largest absolute Gasteiger partial charge is 0.478 e.